The van der Waals surface area contributed by atoms with Crippen molar-refractivity contribution in [2.24, 2.45) is 11.8 Å². The summed E-state index contributed by atoms with van der Waals surface area (Å²) in [5.41, 5.74) is 3.51. The molecule has 2 aromatic heterocycles. The zero-order chi connectivity index (χ0) is 33.8. The van der Waals surface area contributed by atoms with Crippen molar-refractivity contribution in [3.05, 3.63) is 84.3 Å². The Bertz CT molecular complexity index is 1850. The summed E-state index contributed by atoms with van der Waals surface area (Å²) in [6.07, 6.45) is 6.86. The first-order valence-electron chi connectivity index (χ1n) is 16.9. The molecule has 0 saturated carbocycles. The van der Waals surface area contributed by atoms with Crippen molar-refractivity contribution >= 4 is 61.3 Å². The van der Waals surface area contributed by atoms with Crippen molar-refractivity contribution in [1.29, 1.82) is 0 Å². The first-order chi connectivity index (χ1) is 21.7. The molecule has 0 atom stereocenters. The standard InChI is InChI=1S/C28H28NSSi.C13H24O2.Ir/c1-28(2,3)23-16-19(15-18-9-7-8-10-21(18)23)27-26-22-12-11-20(31(4,5)6)17-25(22)30-24(26)13-14-29-27;1-5-10(6-2)12(14)9-13(15)11(7-3)8-4;/h7-14,16-17H,1-6H3;9-11,14H,5-8H2,1-4H3;/q-1;;/b;12-9-;. The van der Waals surface area contributed by atoms with Crippen LogP contribution in [-0.4, -0.2) is 23.9 Å². The van der Waals surface area contributed by atoms with Crippen LogP contribution in [0.1, 0.15) is 79.7 Å². The fourth-order valence-corrected chi connectivity index (χ4v) is 8.56. The number of hydrogen-bond acceptors (Lipinski definition) is 4. The first-order valence-corrected chi connectivity index (χ1v) is 21.3. The summed E-state index contributed by atoms with van der Waals surface area (Å²) >= 11 is 1.88. The second-order valence-electron chi connectivity index (χ2n) is 14.5. The Morgan fingerprint density at radius 2 is 1.53 bits per heavy atom. The number of ketones is 1. The van der Waals surface area contributed by atoms with Gasteiger partial charge >= 0.3 is 0 Å². The molecule has 6 heteroatoms. The van der Waals surface area contributed by atoms with Crippen LogP contribution >= 0.6 is 11.3 Å². The average molecular weight is 843 g/mol. The molecule has 0 bridgehead atoms. The summed E-state index contributed by atoms with van der Waals surface area (Å²) in [5, 5.41) is 16.3. The molecule has 0 saturated heterocycles. The maximum atomic E-state index is 11.7. The van der Waals surface area contributed by atoms with Crippen LogP contribution in [0.5, 0.6) is 0 Å². The van der Waals surface area contributed by atoms with E-state index < -0.39 is 8.07 Å². The molecule has 1 radical (unpaired) electrons. The molecule has 0 aliphatic carbocycles. The number of benzene rings is 3. The summed E-state index contributed by atoms with van der Waals surface area (Å²) in [6, 6.07) is 23.8. The van der Waals surface area contributed by atoms with Crippen LogP contribution in [0.4, 0.5) is 0 Å². The predicted molar refractivity (Wildman–Crippen MR) is 204 cm³/mol. The zero-order valence-corrected chi connectivity index (χ0v) is 34.1. The van der Waals surface area contributed by atoms with Crippen molar-refractivity contribution in [1.82, 2.24) is 4.98 Å². The van der Waals surface area contributed by atoms with Crippen LogP contribution in [0.3, 0.4) is 0 Å². The maximum absolute atomic E-state index is 11.7. The fourth-order valence-electron chi connectivity index (χ4n) is 6.15. The van der Waals surface area contributed by atoms with Gasteiger partial charge in [0.1, 0.15) is 0 Å². The Morgan fingerprint density at radius 1 is 0.894 bits per heavy atom. The third kappa shape index (κ3) is 8.89. The summed E-state index contributed by atoms with van der Waals surface area (Å²) in [4.78, 5) is 16.6. The number of aliphatic hydroxyl groups excluding tert-OH is 1. The van der Waals surface area contributed by atoms with E-state index in [1.165, 1.54) is 42.4 Å². The Balaban J connectivity index is 0.000000322. The number of carbonyl (C=O) groups is 1. The van der Waals surface area contributed by atoms with Gasteiger partial charge in [-0.15, -0.1) is 40.5 Å². The summed E-state index contributed by atoms with van der Waals surface area (Å²) in [5.74, 6) is 0.547. The molecule has 0 fully saturated rings. The molecule has 1 N–H and O–H groups in total. The minimum Gasteiger partial charge on any atom is -0.512 e. The Kier molecular flexibility index (Phi) is 13.4. The number of pyridine rings is 1. The fraction of sp³-hybridized carbons (Fsp3) is 0.415. The molecule has 3 aromatic carbocycles. The number of rotatable bonds is 9. The molecular weight excluding hydrogens is 791 g/mol. The smallest absolute Gasteiger partial charge is 0.162 e. The van der Waals surface area contributed by atoms with E-state index in [9.17, 15) is 9.90 Å². The van der Waals surface area contributed by atoms with Gasteiger partial charge in [-0.2, -0.15) is 0 Å². The van der Waals surface area contributed by atoms with Crippen LogP contribution in [0.2, 0.25) is 19.6 Å². The van der Waals surface area contributed by atoms with E-state index in [-0.39, 0.29) is 48.9 Å². The van der Waals surface area contributed by atoms with Gasteiger partial charge in [0, 0.05) is 59.3 Å². The number of aliphatic hydroxyl groups is 1. The molecule has 0 aliphatic rings. The largest absolute Gasteiger partial charge is 0.512 e. The molecule has 0 unspecified atom stereocenters. The molecule has 253 valence electrons. The number of carbonyl (C=O) groups excluding carboxylic acids is 1. The van der Waals surface area contributed by atoms with Crippen LogP contribution in [0, 0.1) is 17.9 Å². The van der Waals surface area contributed by atoms with E-state index in [0.29, 0.717) is 0 Å². The number of fused-ring (bicyclic) bond motifs is 4. The van der Waals surface area contributed by atoms with E-state index in [0.717, 1.165) is 42.3 Å². The molecule has 0 aliphatic heterocycles. The van der Waals surface area contributed by atoms with E-state index in [1.54, 1.807) is 0 Å². The van der Waals surface area contributed by atoms with Gasteiger partial charge in [-0.3, -0.25) is 9.78 Å². The normalized spacial score (nSPS) is 12.5. The minimum absolute atomic E-state index is 0. The molecule has 3 nitrogen and oxygen atoms in total. The van der Waals surface area contributed by atoms with Crippen LogP contribution in [-0.2, 0) is 30.3 Å². The van der Waals surface area contributed by atoms with Gasteiger partial charge in [0.15, 0.2) is 5.78 Å². The topological polar surface area (TPSA) is 50.2 Å². The van der Waals surface area contributed by atoms with E-state index in [4.69, 9.17) is 4.98 Å². The number of allylic oxidation sites excluding steroid dienone is 2. The average Bonchev–Trinajstić information content (AvgIpc) is 3.39. The van der Waals surface area contributed by atoms with Gasteiger partial charge in [-0.1, -0.05) is 115 Å². The van der Waals surface area contributed by atoms with Crippen molar-refractivity contribution in [3.63, 3.8) is 0 Å². The first kappa shape index (κ1) is 38.8. The predicted octanol–water partition coefficient (Wildman–Crippen LogP) is 11.8. The van der Waals surface area contributed by atoms with E-state index in [2.05, 4.69) is 101 Å². The van der Waals surface area contributed by atoms with Crippen molar-refractivity contribution in [3.8, 4) is 11.3 Å². The van der Waals surface area contributed by atoms with Gasteiger partial charge in [-0.05, 0) is 54.0 Å². The summed E-state index contributed by atoms with van der Waals surface area (Å²) in [7, 11) is -1.35. The second-order valence-corrected chi connectivity index (χ2v) is 20.6. The van der Waals surface area contributed by atoms with Crippen LogP contribution < -0.4 is 5.19 Å². The van der Waals surface area contributed by atoms with Crippen molar-refractivity contribution in [2.75, 3.05) is 0 Å². The van der Waals surface area contributed by atoms with E-state index >= 15 is 0 Å². The molecule has 0 amide bonds. The Morgan fingerprint density at radius 3 is 2.13 bits per heavy atom. The van der Waals surface area contributed by atoms with Gasteiger partial charge in [-0.25, -0.2) is 0 Å². The number of hydrogen-bond donors (Lipinski definition) is 1. The molecule has 47 heavy (non-hydrogen) atoms. The molecule has 2 heterocycles. The summed E-state index contributed by atoms with van der Waals surface area (Å²) in [6.45, 7) is 22.1. The zero-order valence-electron chi connectivity index (χ0n) is 29.9. The van der Waals surface area contributed by atoms with Crippen LogP contribution in [0.25, 0.3) is 42.2 Å². The quantitative estimate of drug-likeness (QED) is 0.0696. The number of aromatic nitrogens is 1. The van der Waals surface area contributed by atoms with Gasteiger partial charge in [0.25, 0.3) is 0 Å². The molecule has 5 aromatic rings. The Hall–Kier alpha value is -2.63. The monoisotopic (exact) mass is 843 g/mol. The third-order valence-electron chi connectivity index (χ3n) is 9.17. The Labute approximate surface area is 301 Å². The molecule has 0 spiro atoms. The molecular formula is C41H52IrNO2SSi-. The SMILES string of the molecule is CC(C)(C)c1cc(-c2nccc3sc4cc([Si](C)(C)C)ccc4c23)[c-]c2ccccc12.CCC(CC)C(=O)/C=C(\O)C(CC)CC.[Ir]. The number of nitrogens with zero attached hydrogens (tertiary/aromatic N) is 1. The van der Waals surface area contributed by atoms with Crippen molar-refractivity contribution in [2.45, 2.75) is 99.2 Å². The number of thiophene rings is 1. The van der Waals surface area contributed by atoms with Gasteiger partial charge in [0.05, 0.1) is 13.8 Å². The second kappa shape index (κ2) is 16.2. The maximum Gasteiger partial charge on any atom is 0.162 e. The van der Waals surface area contributed by atoms with Gasteiger partial charge in [0.2, 0.25) is 0 Å². The van der Waals surface area contributed by atoms with Gasteiger partial charge < -0.3 is 5.11 Å². The summed E-state index contributed by atoms with van der Waals surface area (Å²) < 4.78 is 2.66. The molecule has 5 rings (SSSR count). The third-order valence-corrected chi connectivity index (χ3v) is 12.3. The minimum atomic E-state index is -1.35. The van der Waals surface area contributed by atoms with Crippen LogP contribution in [0.15, 0.2) is 72.6 Å². The van der Waals surface area contributed by atoms with Crippen molar-refractivity contribution < 1.29 is 30.0 Å². The van der Waals surface area contributed by atoms with E-state index in [1.807, 2.05) is 45.2 Å².